The molecule has 2 aliphatic rings. The van der Waals surface area contributed by atoms with Crippen LogP contribution in [0, 0.1) is 11.8 Å². The molecule has 0 spiro atoms. The molecule has 0 aromatic carbocycles. The Morgan fingerprint density at radius 1 is 1.21 bits per heavy atom. The second-order valence-corrected chi connectivity index (χ2v) is 3.66. The number of allylic oxidation sites excluding steroid dienone is 7. The average Bonchev–Trinajstić information content (AvgIpc) is 2.17. The third kappa shape index (κ3) is 1.33. The molecule has 0 aromatic rings. The van der Waals surface area contributed by atoms with Gasteiger partial charge in [-0.05, 0) is 6.92 Å². The molecule has 2 nitrogen and oxygen atoms in total. The van der Waals surface area contributed by atoms with Crippen LogP contribution >= 0.6 is 0 Å². The maximum atomic E-state index is 11.0. The zero-order chi connectivity index (χ0) is 10.1. The Hall–Kier alpha value is -1.57. The zero-order valence-corrected chi connectivity index (χ0v) is 7.97. The summed E-state index contributed by atoms with van der Waals surface area (Å²) in [5, 5.41) is 9.01. The highest BCUT2D eigenvalue weighted by Crippen LogP contribution is 2.35. The van der Waals surface area contributed by atoms with Gasteiger partial charge in [-0.1, -0.05) is 42.0 Å². The molecule has 0 radical (unpaired) electrons. The van der Waals surface area contributed by atoms with Crippen molar-refractivity contribution in [3.63, 3.8) is 0 Å². The van der Waals surface area contributed by atoms with E-state index in [1.54, 1.807) is 6.08 Å². The van der Waals surface area contributed by atoms with Crippen LogP contribution in [0.5, 0.6) is 0 Å². The lowest BCUT2D eigenvalue weighted by Gasteiger charge is -2.28. The van der Waals surface area contributed by atoms with Gasteiger partial charge in [0.1, 0.15) is 0 Å². The van der Waals surface area contributed by atoms with E-state index in [0.717, 1.165) is 0 Å². The minimum absolute atomic E-state index is 0.0162. The van der Waals surface area contributed by atoms with Crippen molar-refractivity contribution in [2.24, 2.45) is 11.8 Å². The van der Waals surface area contributed by atoms with E-state index >= 15 is 0 Å². The number of hydrogen-bond donors (Lipinski definition) is 1. The molecule has 0 aromatic heterocycles. The van der Waals surface area contributed by atoms with Crippen LogP contribution in [0.3, 0.4) is 0 Å². The van der Waals surface area contributed by atoms with Crippen molar-refractivity contribution in [2.75, 3.05) is 0 Å². The molecule has 2 rings (SSSR count). The van der Waals surface area contributed by atoms with E-state index in [0.29, 0.717) is 5.57 Å². The molecule has 2 aliphatic carbocycles. The van der Waals surface area contributed by atoms with E-state index in [-0.39, 0.29) is 11.8 Å². The highest BCUT2D eigenvalue weighted by molar-refractivity contribution is 5.88. The Bertz CT molecular complexity index is 383. The summed E-state index contributed by atoms with van der Waals surface area (Å²) in [4.78, 5) is 11.0. The summed E-state index contributed by atoms with van der Waals surface area (Å²) in [5.41, 5.74) is 1.71. The second kappa shape index (κ2) is 3.29. The van der Waals surface area contributed by atoms with Gasteiger partial charge in [0.2, 0.25) is 0 Å². The minimum Gasteiger partial charge on any atom is -0.478 e. The highest BCUT2D eigenvalue weighted by Gasteiger charge is 2.29. The second-order valence-electron chi connectivity index (χ2n) is 3.66. The molecule has 14 heavy (non-hydrogen) atoms. The van der Waals surface area contributed by atoms with Gasteiger partial charge in [-0.15, -0.1) is 0 Å². The van der Waals surface area contributed by atoms with Gasteiger partial charge < -0.3 is 5.11 Å². The van der Waals surface area contributed by atoms with Crippen molar-refractivity contribution in [3.05, 3.63) is 47.6 Å². The molecule has 2 atom stereocenters. The first-order valence-electron chi connectivity index (χ1n) is 4.67. The summed E-state index contributed by atoms with van der Waals surface area (Å²) in [5.74, 6) is -0.567. The Labute approximate surface area is 82.9 Å². The van der Waals surface area contributed by atoms with E-state index in [1.807, 2.05) is 31.2 Å². The number of rotatable bonds is 1. The van der Waals surface area contributed by atoms with Crippen LogP contribution in [0.4, 0.5) is 0 Å². The molecule has 0 bridgehead atoms. The molecule has 0 fully saturated rings. The van der Waals surface area contributed by atoms with Gasteiger partial charge in [0.05, 0.1) is 0 Å². The van der Waals surface area contributed by atoms with Gasteiger partial charge in [-0.2, -0.15) is 0 Å². The molecule has 0 saturated carbocycles. The van der Waals surface area contributed by atoms with Crippen LogP contribution in [-0.2, 0) is 4.79 Å². The van der Waals surface area contributed by atoms with Crippen molar-refractivity contribution >= 4 is 5.97 Å². The maximum Gasteiger partial charge on any atom is 0.332 e. The van der Waals surface area contributed by atoms with E-state index in [4.69, 9.17) is 5.11 Å². The molecule has 2 unspecified atom stereocenters. The summed E-state index contributed by atoms with van der Waals surface area (Å²) in [7, 11) is 0. The van der Waals surface area contributed by atoms with Gasteiger partial charge in [-0.25, -0.2) is 4.79 Å². The van der Waals surface area contributed by atoms with E-state index in [9.17, 15) is 4.79 Å². The van der Waals surface area contributed by atoms with E-state index in [1.165, 1.54) is 5.57 Å². The topological polar surface area (TPSA) is 37.3 Å². The molecule has 0 amide bonds. The lowest BCUT2D eigenvalue weighted by molar-refractivity contribution is -0.133. The van der Waals surface area contributed by atoms with Gasteiger partial charge in [0.25, 0.3) is 0 Å². The summed E-state index contributed by atoms with van der Waals surface area (Å²) < 4.78 is 0. The average molecular weight is 188 g/mol. The Morgan fingerprint density at radius 3 is 2.57 bits per heavy atom. The van der Waals surface area contributed by atoms with E-state index in [2.05, 4.69) is 6.08 Å². The normalized spacial score (nSPS) is 29.2. The fourth-order valence-electron chi connectivity index (χ4n) is 2.01. The SMILES string of the molecule is CC1=CC=CC2C(C(=O)O)=CC=CC12. The third-order valence-corrected chi connectivity index (χ3v) is 2.79. The van der Waals surface area contributed by atoms with Crippen LogP contribution in [0.25, 0.3) is 0 Å². The maximum absolute atomic E-state index is 11.0. The van der Waals surface area contributed by atoms with Crippen molar-refractivity contribution < 1.29 is 9.90 Å². The summed E-state index contributed by atoms with van der Waals surface area (Å²) >= 11 is 0. The predicted octanol–water partition coefficient (Wildman–Crippen LogP) is 2.32. The van der Waals surface area contributed by atoms with Crippen molar-refractivity contribution in [1.29, 1.82) is 0 Å². The monoisotopic (exact) mass is 188 g/mol. The number of aliphatic carboxylic acids is 1. The molecule has 0 heterocycles. The van der Waals surface area contributed by atoms with Crippen molar-refractivity contribution in [2.45, 2.75) is 6.92 Å². The Kier molecular flexibility index (Phi) is 2.12. The van der Waals surface area contributed by atoms with Crippen molar-refractivity contribution in [3.8, 4) is 0 Å². The van der Waals surface area contributed by atoms with Gasteiger partial charge in [-0.3, -0.25) is 0 Å². The van der Waals surface area contributed by atoms with Crippen LogP contribution in [0.2, 0.25) is 0 Å². The van der Waals surface area contributed by atoms with Gasteiger partial charge in [0.15, 0.2) is 0 Å². The Morgan fingerprint density at radius 2 is 1.86 bits per heavy atom. The number of carbonyl (C=O) groups is 1. The van der Waals surface area contributed by atoms with Crippen LogP contribution in [0.15, 0.2) is 47.6 Å². The van der Waals surface area contributed by atoms with Gasteiger partial charge in [0, 0.05) is 17.4 Å². The molecule has 72 valence electrons. The highest BCUT2D eigenvalue weighted by atomic mass is 16.4. The summed E-state index contributed by atoms with van der Waals surface area (Å²) in [6.45, 7) is 2.04. The van der Waals surface area contributed by atoms with Crippen molar-refractivity contribution in [1.82, 2.24) is 0 Å². The van der Waals surface area contributed by atoms with Crippen LogP contribution in [0.1, 0.15) is 6.92 Å². The van der Waals surface area contributed by atoms with E-state index < -0.39 is 5.97 Å². The first-order chi connectivity index (χ1) is 6.70. The predicted molar refractivity (Wildman–Crippen MR) is 54.7 cm³/mol. The summed E-state index contributed by atoms with van der Waals surface area (Å²) in [6.07, 6.45) is 11.5. The lowest BCUT2D eigenvalue weighted by Crippen LogP contribution is -2.23. The Balaban J connectivity index is 2.38. The quantitative estimate of drug-likeness (QED) is 0.685. The summed E-state index contributed by atoms with van der Waals surface area (Å²) in [6, 6.07) is 0. The molecular formula is C12H12O2. The zero-order valence-electron chi connectivity index (χ0n) is 7.97. The van der Waals surface area contributed by atoms with Crippen LogP contribution < -0.4 is 0 Å². The fourth-order valence-corrected chi connectivity index (χ4v) is 2.01. The van der Waals surface area contributed by atoms with Crippen LogP contribution in [-0.4, -0.2) is 11.1 Å². The number of hydrogen-bond acceptors (Lipinski definition) is 1. The largest absolute Gasteiger partial charge is 0.478 e. The fraction of sp³-hybridized carbons (Fsp3) is 0.250. The number of carboxylic acid groups (broad SMARTS) is 1. The lowest BCUT2D eigenvalue weighted by atomic mass is 9.76. The van der Waals surface area contributed by atoms with Gasteiger partial charge >= 0.3 is 5.97 Å². The smallest absolute Gasteiger partial charge is 0.332 e. The number of fused-ring (bicyclic) bond motifs is 1. The molecular weight excluding hydrogens is 176 g/mol. The molecule has 0 saturated heterocycles. The standard InChI is InChI=1S/C12H12O2/c1-8-4-2-6-10-9(8)5-3-7-11(10)12(13)14/h2-7,9-10H,1H3,(H,13,14). The first kappa shape index (κ1) is 9.00. The third-order valence-electron chi connectivity index (χ3n) is 2.79. The first-order valence-corrected chi connectivity index (χ1v) is 4.67. The minimum atomic E-state index is -0.816. The number of carboxylic acids is 1. The molecule has 2 heteroatoms. The molecule has 0 aliphatic heterocycles. The molecule has 1 N–H and O–H groups in total.